The van der Waals surface area contributed by atoms with Crippen LogP contribution in [-0.4, -0.2) is 17.8 Å². The van der Waals surface area contributed by atoms with Crippen LogP contribution in [-0.2, 0) is 0 Å². The average molecular weight is 156 g/mol. The van der Waals surface area contributed by atoms with Gasteiger partial charge in [-0.25, -0.2) is 0 Å². The number of nitrogens with one attached hydrogen (secondary N) is 2. The zero-order valence-electron chi connectivity index (χ0n) is 7.31. The molecule has 11 heavy (non-hydrogen) atoms. The lowest BCUT2D eigenvalue weighted by Crippen LogP contribution is -2.52. The van der Waals surface area contributed by atoms with E-state index in [0.29, 0.717) is 12.3 Å². The van der Waals surface area contributed by atoms with Gasteiger partial charge >= 0.3 is 0 Å². The van der Waals surface area contributed by atoms with Gasteiger partial charge in [0.15, 0.2) is 0 Å². The van der Waals surface area contributed by atoms with Gasteiger partial charge in [-0.2, -0.15) is 0 Å². The average Bonchev–Trinajstić information content (AvgIpc) is 1.86. The van der Waals surface area contributed by atoms with Crippen molar-refractivity contribution in [3.63, 3.8) is 0 Å². The standard InChI is InChI=1S/C8H16N2O/c1-8(2,3)7-9-4-6(11)5-10-7/h4,7,9-11H,5H2,1-3H3. The van der Waals surface area contributed by atoms with Crippen LogP contribution in [0.15, 0.2) is 12.0 Å². The lowest BCUT2D eigenvalue weighted by molar-refractivity contribution is 0.221. The third-order valence-electron chi connectivity index (χ3n) is 1.77. The Morgan fingerprint density at radius 1 is 1.55 bits per heavy atom. The van der Waals surface area contributed by atoms with Gasteiger partial charge in [-0.05, 0) is 5.41 Å². The molecular formula is C8H16N2O. The molecule has 0 fully saturated rings. The zero-order chi connectivity index (χ0) is 8.48. The quantitative estimate of drug-likeness (QED) is 0.489. The smallest absolute Gasteiger partial charge is 0.122 e. The molecule has 0 bridgehead atoms. The monoisotopic (exact) mass is 156 g/mol. The minimum absolute atomic E-state index is 0.178. The molecule has 0 aromatic rings. The van der Waals surface area contributed by atoms with Gasteiger partial charge in [0.1, 0.15) is 5.76 Å². The van der Waals surface area contributed by atoms with Gasteiger partial charge in [0.25, 0.3) is 0 Å². The van der Waals surface area contributed by atoms with Crippen molar-refractivity contribution in [1.29, 1.82) is 0 Å². The molecule has 1 heterocycles. The summed E-state index contributed by atoms with van der Waals surface area (Å²) in [6.45, 7) is 7.00. The van der Waals surface area contributed by atoms with Crippen molar-refractivity contribution in [3.05, 3.63) is 12.0 Å². The summed E-state index contributed by atoms with van der Waals surface area (Å²) in [4.78, 5) is 0. The SMILES string of the molecule is CC(C)(C)C1NC=C(O)CN1. The Kier molecular flexibility index (Phi) is 2.09. The molecule has 3 nitrogen and oxygen atoms in total. The zero-order valence-corrected chi connectivity index (χ0v) is 7.31. The molecule has 0 aromatic carbocycles. The fourth-order valence-electron chi connectivity index (χ4n) is 1.05. The number of hydrogen-bond acceptors (Lipinski definition) is 3. The maximum atomic E-state index is 9.03. The molecule has 0 spiro atoms. The second-order valence-electron chi connectivity index (χ2n) is 3.98. The van der Waals surface area contributed by atoms with E-state index in [1.54, 1.807) is 6.20 Å². The highest BCUT2D eigenvalue weighted by Gasteiger charge is 2.25. The van der Waals surface area contributed by atoms with E-state index in [9.17, 15) is 0 Å². The minimum atomic E-state index is 0.178. The molecule has 1 unspecified atom stereocenters. The lowest BCUT2D eigenvalue weighted by atomic mass is 9.92. The van der Waals surface area contributed by atoms with E-state index in [1.165, 1.54) is 0 Å². The van der Waals surface area contributed by atoms with Crippen LogP contribution in [0.5, 0.6) is 0 Å². The minimum Gasteiger partial charge on any atom is -0.509 e. The summed E-state index contributed by atoms with van der Waals surface area (Å²) in [6.07, 6.45) is 1.91. The predicted octanol–water partition coefficient (Wildman–Crippen LogP) is 0.951. The fraction of sp³-hybridized carbons (Fsp3) is 0.750. The molecule has 1 aliphatic rings. The topological polar surface area (TPSA) is 44.3 Å². The molecule has 3 heteroatoms. The molecule has 1 rings (SSSR count). The van der Waals surface area contributed by atoms with E-state index in [1.807, 2.05) is 0 Å². The van der Waals surface area contributed by atoms with Crippen molar-refractivity contribution in [3.8, 4) is 0 Å². The van der Waals surface area contributed by atoms with Gasteiger partial charge in [-0.3, -0.25) is 5.32 Å². The molecule has 0 saturated heterocycles. The Morgan fingerprint density at radius 2 is 2.18 bits per heavy atom. The Labute approximate surface area is 67.5 Å². The lowest BCUT2D eigenvalue weighted by Gasteiger charge is -2.34. The van der Waals surface area contributed by atoms with Crippen LogP contribution in [0.3, 0.4) is 0 Å². The first kappa shape index (κ1) is 8.40. The molecule has 0 radical (unpaired) electrons. The predicted molar refractivity (Wildman–Crippen MR) is 45.1 cm³/mol. The summed E-state index contributed by atoms with van der Waals surface area (Å²) in [5.74, 6) is 0.366. The van der Waals surface area contributed by atoms with E-state index in [-0.39, 0.29) is 11.6 Å². The number of rotatable bonds is 0. The molecular weight excluding hydrogens is 140 g/mol. The van der Waals surface area contributed by atoms with Crippen molar-refractivity contribution in [2.75, 3.05) is 6.54 Å². The van der Waals surface area contributed by atoms with Crippen LogP contribution >= 0.6 is 0 Å². The highest BCUT2D eigenvalue weighted by Crippen LogP contribution is 2.18. The first-order valence-electron chi connectivity index (χ1n) is 3.87. The summed E-state index contributed by atoms with van der Waals surface area (Å²) in [6, 6.07) is 0. The first-order chi connectivity index (χ1) is 5.00. The van der Waals surface area contributed by atoms with Gasteiger partial charge in [0.05, 0.1) is 12.7 Å². The molecule has 0 aromatic heterocycles. The summed E-state index contributed by atoms with van der Waals surface area (Å²) in [5, 5.41) is 15.3. The van der Waals surface area contributed by atoms with Crippen LogP contribution in [0.1, 0.15) is 20.8 Å². The van der Waals surface area contributed by atoms with Crippen LogP contribution in [0.25, 0.3) is 0 Å². The normalized spacial score (nSPS) is 25.7. The Morgan fingerprint density at radius 3 is 2.55 bits per heavy atom. The van der Waals surface area contributed by atoms with Gasteiger partial charge in [0, 0.05) is 6.20 Å². The van der Waals surface area contributed by atoms with Crippen molar-refractivity contribution < 1.29 is 5.11 Å². The Bertz CT molecular complexity index is 169. The number of hydrogen-bond donors (Lipinski definition) is 3. The molecule has 1 aliphatic heterocycles. The van der Waals surface area contributed by atoms with Gasteiger partial charge in [-0.15, -0.1) is 0 Å². The van der Waals surface area contributed by atoms with Crippen molar-refractivity contribution in [2.45, 2.75) is 26.9 Å². The van der Waals surface area contributed by atoms with Gasteiger partial charge in [0.2, 0.25) is 0 Å². The fourth-order valence-corrected chi connectivity index (χ4v) is 1.05. The van der Waals surface area contributed by atoms with Crippen molar-refractivity contribution >= 4 is 0 Å². The molecule has 0 saturated carbocycles. The maximum absolute atomic E-state index is 9.03. The van der Waals surface area contributed by atoms with E-state index in [0.717, 1.165) is 0 Å². The molecule has 0 aliphatic carbocycles. The highest BCUT2D eigenvalue weighted by molar-refractivity contribution is 5.00. The number of aliphatic hydroxyl groups excluding tert-OH is 1. The van der Waals surface area contributed by atoms with E-state index < -0.39 is 0 Å². The second-order valence-corrected chi connectivity index (χ2v) is 3.98. The largest absolute Gasteiger partial charge is 0.509 e. The van der Waals surface area contributed by atoms with Gasteiger partial charge < -0.3 is 10.4 Å². The molecule has 3 N–H and O–H groups in total. The first-order valence-corrected chi connectivity index (χ1v) is 3.87. The molecule has 1 atom stereocenters. The summed E-state index contributed by atoms with van der Waals surface area (Å²) in [7, 11) is 0. The number of aliphatic hydroxyl groups is 1. The van der Waals surface area contributed by atoms with E-state index in [2.05, 4.69) is 31.4 Å². The highest BCUT2D eigenvalue weighted by atomic mass is 16.3. The molecule has 64 valence electrons. The van der Waals surface area contributed by atoms with E-state index >= 15 is 0 Å². The van der Waals surface area contributed by atoms with Crippen LogP contribution in [0.2, 0.25) is 0 Å². The Balaban J connectivity index is 2.54. The maximum Gasteiger partial charge on any atom is 0.122 e. The van der Waals surface area contributed by atoms with Crippen molar-refractivity contribution in [1.82, 2.24) is 10.6 Å². The van der Waals surface area contributed by atoms with Crippen LogP contribution in [0.4, 0.5) is 0 Å². The Hall–Kier alpha value is -0.700. The molecule has 0 amide bonds. The third-order valence-corrected chi connectivity index (χ3v) is 1.77. The van der Waals surface area contributed by atoms with Crippen molar-refractivity contribution in [2.24, 2.45) is 5.41 Å². The van der Waals surface area contributed by atoms with Crippen LogP contribution < -0.4 is 10.6 Å². The third kappa shape index (κ3) is 2.12. The van der Waals surface area contributed by atoms with Crippen LogP contribution in [0, 0.1) is 5.41 Å². The summed E-state index contributed by atoms with van der Waals surface area (Å²) < 4.78 is 0. The van der Waals surface area contributed by atoms with Gasteiger partial charge in [-0.1, -0.05) is 20.8 Å². The van der Waals surface area contributed by atoms with E-state index in [4.69, 9.17) is 5.11 Å². The summed E-state index contributed by atoms with van der Waals surface area (Å²) >= 11 is 0. The summed E-state index contributed by atoms with van der Waals surface area (Å²) in [5.41, 5.74) is 0.178. The second kappa shape index (κ2) is 2.74.